The van der Waals surface area contributed by atoms with Crippen LogP contribution < -0.4 is 5.32 Å². The van der Waals surface area contributed by atoms with Crippen molar-refractivity contribution in [2.24, 2.45) is 0 Å². The summed E-state index contributed by atoms with van der Waals surface area (Å²) in [7, 11) is 0. The number of likely N-dealkylation sites (tertiary alicyclic amines) is 1. The van der Waals surface area contributed by atoms with Crippen LogP contribution in [-0.4, -0.2) is 58.4 Å². The molecule has 1 amide bonds. The van der Waals surface area contributed by atoms with Gasteiger partial charge in [0.15, 0.2) is 0 Å². The molecule has 2 aliphatic heterocycles. The van der Waals surface area contributed by atoms with Crippen molar-refractivity contribution in [1.29, 1.82) is 0 Å². The Bertz CT molecular complexity index is 266. The lowest BCUT2D eigenvalue weighted by Crippen LogP contribution is -2.57. The van der Waals surface area contributed by atoms with E-state index in [1.54, 1.807) is 4.90 Å². The molecule has 3 atom stereocenters. The minimum Gasteiger partial charge on any atom is -0.388 e. The van der Waals surface area contributed by atoms with E-state index in [2.05, 4.69) is 5.32 Å². The van der Waals surface area contributed by atoms with Crippen LogP contribution in [0.5, 0.6) is 0 Å². The Hall–Kier alpha value is -0.650. The molecule has 1 unspecified atom stereocenters. The fourth-order valence-corrected chi connectivity index (χ4v) is 2.52. The number of β-amino-alcohol motifs (C(OH)–C–C–N with tert-alkyl or cyclic N) is 2. The third-order valence-corrected chi connectivity index (χ3v) is 3.64. The molecule has 0 aromatic carbocycles. The maximum atomic E-state index is 12.3. The Morgan fingerprint density at radius 1 is 1.31 bits per heavy atom. The predicted octanol–water partition coefficient (Wildman–Crippen LogP) is -0.917. The average molecular weight is 228 g/mol. The largest absolute Gasteiger partial charge is 0.388 e. The second-order valence-electron chi connectivity index (χ2n) is 5.06. The Labute approximate surface area is 95.4 Å². The fourth-order valence-electron chi connectivity index (χ4n) is 2.52. The zero-order chi connectivity index (χ0) is 11.8. The van der Waals surface area contributed by atoms with Gasteiger partial charge in [0.25, 0.3) is 0 Å². The van der Waals surface area contributed by atoms with Crippen molar-refractivity contribution in [3.05, 3.63) is 0 Å². The first-order valence-corrected chi connectivity index (χ1v) is 5.93. The lowest BCUT2D eigenvalue weighted by atomic mass is 9.89. The van der Waals surface area contributed by atoms with Crippen LogP contribution in [0.15, 0.2) is 0 Å². The first-order chi connectivity index (χ1) is 7.53. The zero-order valence-corrected chi connectivity index (χ0v) is 9.65. The molecule has 5 nitrogen and oxygen atoms in total. The predicted molar refractivity (Wildman–Crippen MR) is 58.9 cm³/mol. The van der Waals surface area contributed by atoms with Crippen molar-refractivity contribution in [1.82, 2.24) is 10.2 Å². The fraction of sp³-hybridized carbons (Fsp3) is 0.909. The van der Waals surface area contributed by atoms with Crippen molar-refractivity contribution in [3.8, 4) is 0 Å². The van der Waals surface area contributed by atoms with Gasteiger partial charge in [-0.05, 0) is 32.7 Å². The first-order valence-electron chi connectivity index (χ1n) is 5.93. The van der Waals surface area contributed by atoms with Gasteiger partial charge in [0.1, 0.15) is 0 Å². The van der Waals surface area contributed by atoms with Gasteiger partial charge in [-0.2, -0.15) is 0 Å². The molecule has 5 heteroatoms. The van der Waals surface area contributed by atoms with Gasteiger partial charge >= 0.3 is 0 Å². The summed E-state index contributed by atoms with van der Waals surface area (Å²) >= 11 is 0. The maximum absolute atomic E-state index is 12.3. The van der Waals surface area contributed by atoms with Gasteiger partial charge in [-0.3, -0.25) is 4.79 Å². The highest BCUT2D eigenvalue weighted by molar-refractivity contribution is 5.86. The number of piperidine rings is 1. The van der Waals surface area contributed by atoms with Crippen LogP contribution in [0, 0.1) is 0 Å². The normalized spacial score (nSPS) is 40.1. The summed E-state index contributed by atoms with van der Waals surface area (Å²) < 4.78 is 0. The lowest BCUT2D eigenvalue weighted by Gasteiger charge is -2.36. The minimum atomic E-state index is -0.795. The molecule has 0 aromatic rings. The summed E-state index contributed by atoms with van der Waals surface area (Å²) in [5.74, 6) is 0.00259. The van der Waals surface area contributed by atoms with Crippen LogP contribution in [0.3, 0.4) is 0 Å². The molecule has 92 valence electrons. The van der Waals surface area contributed by atoms with E-state index in [-0.39, 0.29) is 19.0 Å². The number of carbonyl (C=O) groups excluding carboxylic acids is 1. The van der Waals surface area contributed by atoms with Gasteiger partial charge in [0, 0.05) is 13.1 Å². The molecule has 2 heterocycles. The Kier molecular flexibility index (Phi) is 3.19. The van der Waals surface area contributed by atoms with Crippen LogP contribution in [0.1, 0.15) is 26.2 Å². The number of nitrogens with one attached hydrogen (secondary N) is 1. The van der Waals surface area contributed by atoms with Crippen LogP contribution in [-0.2, 0) is 4.79 Å². The molecule has 2 saturated heterocycles. The van der Waals surface area contributed by atoms with E-state index in [9.17, 15) is 15.0 Å². The van der Waals surface area contributed by atoms with Gasteiger partial charge in [-0.1, -0.05) is 0 Å². The van der Waals surface area contributed by atoms with E-state index in [0.717, 1.165) is 25.8 Å². The number of hydrogen-bond donors (Lipinski definition) is 3. The van der Waals surface area contributed by atoms with E-state index >= 15 is 0 Å². The molecule has 0 bridgehead atoms. The summed E-state index contributed by atoms with van der Waals surface area (Å²) in [6.07, 6.45) is 1.39. The van der Waals surface area contributed by atoms with Crippen LogP contribution in [0.2, 0.25) is 0 Å². The number of aliphatic hydroxyl groups is 2. The third kappa shape index (κ3) is 2.07. The smallest absolute Gasteiger partial charge is 0.242 e. The van der Waals surface area contributed by atoms with E-state index in [4.69, 9.17) is 0 Å². The highest BCUT2D eigenvalue weighted by Gasteiger charge is 2.42. The molecule has 3 N–H and O–H groups in total. The highest BCUT2D eigenvalue weighted by Crippen LogP contribution is 2.23. The van der Waals surface area contributed by atoms with Gasteiger partial charge in [0.2, 0.25) is 5.91 Å². The highest BCUT2D eigenvalue weighted by atomic mass is 16.3. The maximum Gasteiger partial charge on any atom is 0.242 e. The molecule has 0 saturated carbocycles. The summed E-state index contributed by atoms with van der Waals surface area (Å²) in [6.45, 7) is 3.27. The van der Waals surface area contributed by atoms with Crippen LogP contribution in [0.4, 0.5) is 0 Å². The first kappa shape index (κ1) is 11.8. The van der Waals surface area contributed by atoms with Gasteiger partial charge in [-0.15, -0.1) is 0 Å². The summed E-state index contributed by atoms with van der Waals surface area (Å²) in [4.78, 5) is 13.8. The molecule has 0 aromatic heterocycles. The molecule has 2 fully saturated rings. The van der Waals surface area contributed by atoms with Crippen LogP contribution in [0.25, 0.3) is 0 Å². The summed E-state index contributed by atoms with van der Waals surface area (Å²) in [6, 6.07) is 0. The van der Waals surface area contributed by atoms with Crippen molar-refractivity contribution in [3.63, 3.8) is 0 Å². The molecular weight excluding hydrogens is 208 g/mol. The van der Waals surface area contributed by atoms with Crippen molar-refractivity contribution in [2.75, 3.05) is 19.6 Å². The topological polar surface area (TPSA) is 72.8 Å². The number of nitrogens with zero attached hydrogens (tertiary/aromatic N) is 1. The van der Waals surface area contributed by atoms with Gasteiger partial charge in [-0.25, -0.2) is 0 Å². The molecule has 0 spiro atoms. The Morgan fingerprint density at radius 2 is 1.94 bits per heavy atom. The lowest BCUT2D eigenvalue weighted by molar-refractivity contribution is -0.138. The summed E-state index contributed by atoms with van der Waals surface area (Å²) in [5.41, 5.74) is -0.512. The molecule has 16 heavy (non-hydrogen) atoms. The standard InChI is InChI=1S/C11H20N2O3/c1-11(4-2-3-5-12-11)10(16)13-6-8(14)9(15)7-13/h8-9,12,14-15H,2-7H2,1H3/t8-,9+,11?. The Balaban J connectivity index is 2.01. The third-order valence-electron chi connectivity index (χ3n) is 3.64. The number of amides is 1. The molecule has 0 aliphatic carbocycles. The van der Waals surface area contributed by atoms with E-state index in [0.29, 0.717) is 0 Å². The molecule has 2 aliphatic rings. The SMILES string of the molecule is CC1(C(=O)N2C[C@@H](O)[C@@H](O)C2)CCCCN1. The second-order valence-corrected chi connectivity index (χ2v) is 5.06. The molecule has 0 radical (unpaired) electrons. The van der Waals surface area contributed by atoms with E-state index in [1.165, 1.54) is 0 Å². The van der Waals surface area contributed by atoms with Gasteiger partial charge in [0.05, 0.1) is 17.7 Å². The number of carbonyl (C=O) groups is 1. The Morgan fingerprint density at radius 3 is 2.44 bits per heavy atom. The quantitative estimate of drug-likeness (QED) is 0.543. The van der Waals surface area contributed by atoms with Crippen molar-refractivity contribution >= 4 is 5.91 Å². The second kappa shape index (κ2) is 4.31. The van der Waals surface area contributed by atoms with E-state index in [1.807, 2.05) is 6.92 Å². The molecular formula is C11H20N2O3. The van der Waals surface area contributed by atoms with Crippen molar-refractivity contribution in [2.45, 2.75) is 43.9 Å². The average Bonchev–Trinajstić information content (AvgIpc) is 2.59. The number of rotatable bonds is 1. The number of aliphatic hydroxyl groups excluding tert-OH is 2. The molecule has 2 rings (SSSR count). The van der Waals surface area contributed by atoms with Gasteiger partial charge < -0.3 is 20.4 Å². The van der Waals surface area contributed by atoms with E-state index < -0.39 is 17.7 Å². The monoisotopic (exact) mass is 228 g/mol. The minimum absolute atomic E-state index is 0.00259. The zero-order valence-electron chi connectivity index (χ0n) is 9.65. The van der Waals surface area contributed by atoms with Crippen molar-refractivity contribution < 1.29 is 15.0 Å². The van der Waals surface area contributed by atoms with Crippen LogP contribution >= 0.6 is 0 Å². The summed E-state index contributed by atoms with van der Waals surface area (Å²) in [5, 5.41) is 22.1. The number of hydrogen-bond acceptors (Lipinski definition) is 4.